The van der Waals surface area contributed by atoms with E-state index >= 15 is 0 Å². The highest BCUT2D eigenvalue weighted by molar-refractivity contribution is 8.26. The lowest BCUT2D eigenvalue weighted by Crippen LogP contribution is -2.33. The predicted octanol–water partition coefficient (Wildman–Crippen LogP) is 2.98. The van der Waals surface area contributed by atoms with Crippen molar-refractivity contribution in [2.75, 3.05) is 16.8 Å². The van der Waals surface area contributed by atoms with Gasteiger partial charge in [0.05, 0.1) is 27.5 Å². The number of thiocarbonyl (C=S) groups is 1. The van der Waals surface area contributed by atoms with Gasteiger partial charge in [-0.1, -0.05) is 60.4 Å². The van der Waals surface area contributed by atoms with E-state index in [1.54, 1.807) is 55.1 Å². The van der Waals surface area contributed by atoms with Crippen molar-refractivity contribution in [2.24, 2.45) is 7.05 Å². The van der Waals surface area contributed by atoms with Crippen LogP contribution in [0.2, 0.25) is 0 Å². The Kier molecular flexibility index (Phi) is 6.83. The van der Waals surface area contributed by atoms with Crippen LogP contribution in [-0.2, 0) is 26.2 Å². The molecule has 1 aromatic heterocycles. The Morgan fingerprint density at radius 2 is 1.64 bits per heavy atom. The van der Waals surface area contributed by atoms with Crippen molar-refractivity contribution in [3.05, 3.63) is 81.1 Å². The van der Waals surface area contributed by atoms with Crippen molar-refractivity contribution in [1.82, 2.24) is 14.3 Å². The van der Waals surface area contributed by atoms with Crippen molar-refractivity contribution < 1.29 is 19.2 Å². The lowest BCUT2D eigenvalue weighted by molar-refractivity contribution is -0.124. The minimum Gasteiger partial charge on any atom is -0.320 e. The predicted molar refractivity (Wildman–Crippen MR) is 152 cm³/mol. The number of hydrogen-bond donors (Lipinski definition) is 1. The van der Waals surface area contributed by atoms with Crippen LogP contribution >= 0.6 is 24.0 Å². The lowest BCUT2D eigenvalue weighted by Gasteiger charge is -2.14. The number of carbonyl (C=O) groups excluding carboxylic acids is 4. The van der Waals surface area contributed by atoms with Gasteiger partial charge in [0.2, 0.25) is 11.8 Å². The van der Waals surface area contributed by atoms with Crippen LogP contribution in [0.25, 0.3) is 11.3 Å². The van der Waals surface area contributed by atoms with Crippen molar-refractivity contribution in [3.8, 4) is 5.69 Å². The standard InChI is InChI=1S/C27H23N5O5S2/c1-15-22(25(36)32(29(15)3)17-9-5-4-6-10-17)28-20(34)13-14-30-26(37)23(39-27(30)38)21-18-11-7-8-12-19(18)31(16(2)33)24(21)35/h4-12H,13-14H2,1-3H3,(H,28,34). The maximum atomic E-state index is 13.3. The number of carbonyl (C=O) groups is 4. The zero-order chi connectivity index (χ0) is 28.0. The maximum Gasteiger partial charge on any atom is 0.295 e. The van der Waals surface area contributed by atoms with Crippen LogP contribution in [0.1, 0.15) is 24.6 Å². The van der Waals surface area contributed by atoms with Crippen molar-refractivity contribution in [2.45, 2.75) is 20.3 Å². The molecule has 3 aromatic rings. The number of anilines is 2. The molecule has 0 spiro atoms. The van der Waals surface area contributed by atoms with E-state index in [0.717, 1.165) is 16.7 Å². The molecule has 39 heavy (non-hydrogen) atoms. The van der Waals surface area contributed by atoms with Gasteiger partial charge in [-0.2, -0.15) is 0 Å². The molecule has 0 bridgehead atoms. The Bertz CT molecular complexity index is 1670. The summed E-state index contributed by atoms with van der Waals surface area (Å²) in [5.74, 6) is -2.02. The number of para-hydroxylation sites is 2. The topological polar surface area (TPSA) is 114 Å². The second-order valence-corrected chi connectivity index (χ2v) is 10.6. The van der Waals surface area contributed by atoms with E-state index in [9.17, 15) is 24.0 Å². The molecular formula is C27H23N5O5S2. The van der Waals surface area contributed by atoms with Gasteiger partial charge in [-0.05, 0) is 25.1 Å². The molecule has 0 aliphatic carbocycles. The second kappa shape index (κ2) is 10.1. The molecule has 4 amide bonds. The molecule has 5 rings (SSSR count). The van der Waals surface area contributed by atoms with Crippen LogP contribution in [0, 0.1) is 6.92 Å². The van der Waals surface area contributed by atoms with E-state index in [-0.39, 0.29) is 39.0 Å². The fraction of sp³-hybridized carbons (Fsp3) is 0.185. The van der Waals surface area contributed by atoms with Crippen LogP contribution in [0.4, 0.5) is 11.4 Å². The number of amides is 4. The van der Waals surface area contributed by atoms with Gasteiger partial charge in [-0.3, -0.25) is 33.6 Å². The molecule has 0 unspecified atom stereocenters. The van der Waals surface area contributed by atoms with Crippen molar-refractivity contribution in [1.29, 1.82) is 0 Å². The number of nitrogens with zero attached hydrogens (tertiary/aromatic N) is 4. The molecule has 3 heterocycles. The molecule has 10 nitrogen and oxygen atoms in total. The molecule has 0 atom stereocenters. The third-order valence-electron chi connectivity index (χ3n) is 6.60. The van der Waals surface area contributed by atoms with Gasteiger partial charge in [0.1, 0.15) is 10.0 Å². The van der Waals surface area contributed by atoms with E-state index in [4.69, 9.17) is 12.2 Å². The molecule has 198 valence electrons. The molecule has 2 aliphatic rings. The van der Waals surface area contributed by atoms with Gasteiger partial charge in [-0.15, -0.1) is 0 Å². The molecular weight excluding hydrogens is 538 g/mol. The van der Waals surface area contributed by atoms with E-state index in [1.165, 1.54) is 16.5 Å². The summed E-state index contributed by atoms with van der Waals surface area (Å²) >= 11 is 6.36. The smallest absolute Gasteiger partial charge is 0.295 e. The first-order valence-corrected chi connectivity index (χ1v) is 13.2. The molecule has 1 fully saturated rings. The minimum absolute atomic E-state index is 0.0434. The number of hydrogen-bond acceptors (Lipinski definition) is 7. The Morgan fingerprint density at radius 1 is 0.974 bits per heavy atom. The summed E-state index contributed by atoms with van der Waals surface area (Å²) in [4.78, 5) is 67.0. The molecule has 1 saturated heterocycles. The zero-order valence-electron chi connectivity index (χ0n) is 21.3. The minimum atomic E-state index is -0.587. The monoisotopic (exact) mass is 561 g/mol. The number of thioether (sulfide) groups is 1. The molecule has 0 radical (unpaired) electrons. The number of imide groups is 1. The highest BCUT2D eigenvalue weighted by atomic mass is 32.2. The van der Waals surface area contributed by atoms with E-state index in [1.807, 2.05) is 18.2 Å². The fourth-order valence-corrected chi connectivity index (χ4v) is 6.00. The Labute approximate surface area is 232 Å². The maximum absolute atomic E-state index is 13.3. The zero-order valence-corrected chi connectivity index (χ0v) is 22.9. The van der Waals surface area contributed by atoms with Gasteiger partial charge >= 0.3 is 0 Å². The summed E-state index contributed by atoms with van der Waals surface area (Å²) in [7, 11) is 1.72. The average Bonchev–Trinajstić information content (AvgIpc) is 3.44. The first-order valence-electron chi connectivity index (χ1n) is 12.0. The summed E-state index contributed by atoms with van der Waals surface area (Å²) < 4.78 is 3.31. The van der Waals surface area contributed by atoms with Gasteiger partial charge in [-0.25, -0.2) is 9.58 Å². The first kappa shape index (κ1) is 26.3. The third-order valence-corrected chi connectivity index (χ3v) is 8.05. The molecule has 2 aliphatic heterocycles. The van der Waals surface area contributed by atoms with Crippen molar-refractivity contribution in [3.63, 3.8) is 0 Å². The summed E-state index contributed by atoms with van der Waals surface area (Å²) in [6.07, 6.45) is -0.127. The highest BCUT2D eigenvalue weighted by Crippen LogP contribution is 2.44. The van der Waals surface area contributed by atoms with Crippen LogP contribution in [0.15, 0.2) is 64.3 Å². The van der Waals surface area contributed by atoms with Crippen LogP contribution < -0.4 is 15.8 Å². The first-order chi connectivity index (χ1) is 18.6. The number of benzene rings is 2. The fourth-order valence-electron chi connectivity index (χ4n) is 4.62. The van der Waals surface area contributed by atoms with Crippen LogP contribution in [0.3, 0.4) is 0 Å². The van der Waals surface area contributed by atoms with E-state index in [0.29, 0.717) is 22.6 Å². The van der Waals surface area contributed by atoms with Crippen LogP contribution in [0.5, 0.6) is 0 Å². The molecule has 1 N–H and O–H groups in total. The summed E-state index contributed by atoms with van der Waals surface area (Å²) in [5, 5.41) is 2.68. The molecule has 12 heteroatoms. The Hall–Kier alpha value is -4.29. The number of aromatic nitrogens is 2. The second-order valence-electron chi connectivity index (χ2n) is 8.94. The largest absolute Gasteiger partial charge is 0.320 e. The van der Waals surface area contributed by atoms with Gasteiger partial charge in [0, 0.05) is 32.5 Å². The lowest BCUT2D eigenvalue weighted by atomic mass is 10.1. The normalized spacial score (nSPS) is 16.7. The van der Waals surface area contributed by atoms with E-state index in [2.05, 4.69) is 5.32 Å². The summed E-state index contributed by atoms with van der Waals surface area (Å²) in [5.41, 5.74) is 2.01. The van der Waals surface area contributed by atoms with Crippen molar-refractivity contribution >= 4 is 68.9 Å². The Balaban J connectivity index is 1.34. The van der Waals surface area contributed by atoms with Crippen LogP contribution in [-0.4, -0.2) is 48.8 Å². The average molecular weight is 562 g/mol. The van der Waals surface area contributed by atoms with Gasteiger partial charge in [0.15, 0.2) is 0 Å². The van der Waals surface area contributed by atoms with E-state index < -0.39 is 23.6 Å². The number of fused-ring (bicyclic) bond motifs is 1. The summed E-state index contributed by atoms with van der Waals surface area (Å²) in [6.45, 7) is 2.97. The summed E-state index contributed by atoms with van der Waals surface area (Å²) in [6, 6.07) is 15.8. The quantitative estimate of drug-likeness (QED) is 0.376. The van der Waals surface area contributed by atoms with Gasteiger partial charge < -0.3 is 5.32 Å². The third kappa shape index (κ3) is 4.41. The number of rotatable bonds is 5. The molecule has 2 aromatic carbocycles. The van der Waals surface area contributed by atoms with Gasteiger partial charge in [0.25, 0.3) is 17.4 Å². The SMILES string of the molecule is CC(=O)N1C(=O)C(=C2SC(=S)N(CCC(=O)Nc3c(C)n(C)n(-c4ccccc4)c3=O)C2=O)c2ccccc21. The highest BCUT2D eigenvalue weighted by Gasteiger charge is 2.43. The number of nitrogens with one attached hydrogen (secondary N) is 1. The Morgan fingerprint density at radius 3 is 2.33 bits per heavy atom. The molecule has 0 saturated carbocycles.